The van der Waals surface area contributed by atoms with Crippen molar-refractivity contribution in [2.24, 2.45) is 0 Å². The molecule has 0 aliphatic carbocycles. The second kappa shape index (κ2) is 8.42. The van der Waals surface area contributed by atoms with E-state index < -0.39 is 0 Å². The largest absolute Gasteiger partial charge is 0.383 e. The van der Waals surface area contributed by atoms with Gasteiger partial charge < -0.3 is 19.1 Å². The van der Waals surface area contributed by atoms with E-state index in [0.717, 1.165) is 73.3 Å². The number of aryl methyl sites for hydroxylation is 1. The van der Waals surface area contributed by atoms with Crippen LogP contribution in [-0.2, 0) is 17.7 Å². The predicted octanol–water partition coefficient (Wildman–Crippen LogP) is 1.19. The number of hydrogen-bond donors (Lipinski definition) is 0. The molecule has 0 spiro atoms. The van der Waals surface area contributed by atoms with E-state index in [-0.39, 0.29) is 0 Å². The molecule has 11 nitrogen and oxygen atoms in total. The zero-order chi connectivity index (χ0) is 21.2. The molecule has 1 saturated heterocycles. The van der Waals surface area contributed by atoms with Gasteiger partial charge in [-0.2, -0.15) is 0 Å². The van der Waals surface area contributed by atoms with Gasteiger partial charge in [-0.05, 0) is 6.42 Å². The Morgan fingerprint density at radius 3 is 2.58 bits per heavy atom. The van der Waals surface area contributed by atoms with Gasteiger partial charge in [-0.1, -0.05) is 6.92 Å². The van der Waals surface area contributed by atoms with Crippen molar-refractivity contribution < 1.29 is 4.74 Å². The van der Waals surface area contributed by atoms with Gasteiger partial charge in [0, 0.05) is 58.6 Å². The van der Waals surface area contributed by atoms with Crippen LogP contribution >= 0.6 is 0 Å². The van der Waals surface area contributed by atoms with Gasteiger partial charge in [-0.3, -0.25) is 4.40 Å². The van der Waals surface area contributed by atoms with Crippen LogP contribution in [-0.4, -0.2) is 79.0 Å². The number of fused-ring (bicyclic) bond motifs is 2. The lowest BCUT2D eigenvalue weighted by Gasteiger charge is -2.23. The highest BCUT2D eigenvalue weighted by atomic mass is 16.5. The van der Waals surface area contributed by atoms with Crippen LogP contribution in [0.1, 0.15) is 19.2 Å². The van der Waals surface area contributed by atoms with Gasteiger partial charge in [0.05, 0.1) is 12.9 Å². The maximum absolute atomic E-state index is 5.20. The zero-order valence-electron chi connectivity index (χ0n) is 17.8. The van der Waals surface area contributed by atoms with E-state index in [4.69, 9.17) is 4.74 Å². The Kier molecular flexibility index (Phi) is 5.33. The third kappa shape index (κ3) is 3.54. The minimum absolute atomic E-state index is 0.615. The van der Waals surface area contributed by atoms with Crippen molar-refractivity contribution in [1.29, 1.82) is 0 Å². The van der Waals surface area contributed by atoms with Crippen LogP contribution < -0.4 is 9.80 Å². The lowest BCUT2D eigenvalue weighted by Crippen LogP contribution is -2.32. The van der Waals surface area contributed by atoms with Crippen LogP contribution in [0.4, 0.5) is 11.6 Å². The Balaban J connectivity index is 1.40. The van der Waals surface area contributed by atoms with E-state index in [0.29, 0.717) is 13.2 Å². The van der Waals surface area contributed by atoms with E-state index >= 15 is 0 Å². The summed E-state index contributed by atoms with van der Waals surface area (Å²) in [6, 6.07) is 0. The Morgan fingerprint density at radius 1 is 0.935 bits per heavy atom. The van der Waals surface area contributed by atoms with Crippen LogP contribution in [0.25, 0.3) is 16.8 Å². The number of ether oxygens (including phenoxy) is 1. The minimum Gasteiger partial charge on any atom is -0.383 e. The fourth-order valence-corrected chi connectivity index (χ4v) is 4.12. The topological polar surface area (TPSA) is 102 Å². The lowest BCUT2D eigenvalue weighted by molar-refractivity contribution is 0.188. The second-order valence-electron chi connectivity index (χ2n) is 7.54. The molecule has 4 aromatic heterocycles. The molecule has 0 unspecified atom stereocenters. The van der Waals surface area contributed by atoms with Crippen molar-refractivity contribution in [2.45, 2.75) is 26.3 Å². The number of methoxy groups -OCH3 is 1. The average Bonchev–Trinajstić information content (AvgIpc) is 3.34. The third-order valence-corrected chi connectivity index (χ3v) is 5.71. The molecule has 0 N–H and O–H groups in total. The van der Waals surface area contributed by atoms with Crippen molar-refractivity contribution in [3.8, 4) is 0 Å². The smallest absolute Gasteiger partial charge is 0.203 e. The van der Waals surface area contributed by atoms with Crippen LogP contribution in [0.2, 0.25) is 0 Å². The third-order valence-electron chi connectivity index (χ3n) is 5.71. The first-order valence-electron chi connectivity index (χ1n) is 10.6. The maximum Gasteiger partial charge on any atom is 0.203 e. The van der Waals surface area contributed by atoms with Crippen molar-refractivity contribution in [3.05, 3.63) is 30.9 Å². The quantitative estimate of drug-likeness (QED) is 0.453. The van der Waals surface area contributed by atoms with Gasteiger partial charge in [0.25, 0.3) is 0 Å². The van der Waals surface area contributed by atoms with Crippen LogP contribution in [0.5, 0.6) is 0 Å². The Labute approximate surface area is 179 Å². The highest BCUT2D eigenvalue weighted by Gasteiger charge is 2.23. The Hall–Kier alpha value is -3.34. The Bertz CT molecular complexity index is 1190. The minimum atomic E-state index is 0.615. The number of aromatic nitrogens is 8. The van der Waals surface area contributed by atoms with Crippen molar-refractivity contribution >= 4 is 28.4 Å². The molecule has 0 bridgehead atoms. The number of anilines is 2. The standard InChI is InChI=1S/C20H26N10O/c1-3-15-25-26-20-19(21-5-8-30(15)20)28-7-4-6-27(9-10-28)17-16-18(23-13-22-17)29(14-24-16)11-12-31-2/h5,8,13-14H,3-4,6-7,9-12H2,1-2H3. The van der Waals surface area contributed by atoms with E-state index in [1.165, 1.54) is 0 Å². The molecular weight excluding hydrogens is 396 g/mol. The van der Waals surface area contributed by atoms with Crippen LogP contribution in [0.3, 0.4) is 0 Å². The van der Waals surface area contributed by atoms with Gasteiger partial charge in [0.1, 0.15) is 12.2 Å². The van der Waals surface area contributed by atoms with E-state index in [1.807, 2.05) is 27.7 Å². The fraction of sp³-hybridized carbons (Fsp3) is 0.500. The first kappa shape index (κ1) is 19.6. The molecule has 4 aromatic rings. The molecule has 0 atom stereocenters. The number of imidazole rings is 1. The second-order valence-corrected chi connectivity index (χ2v) is 7.54. The molecule has 31 heavy (non-hydrogen) atoms. The van der Waals surface area contributed by atoms with E-state index in [9.17, 15) is 0 Å². The van der Waals surface area contributed by atoms with Crippen molar-refractivity contribution in [1.82, 2.24) is 39.1 Å². The summed E-state index contributed by atoms with van der Waals surface area (Å²) in [5, 5.41) is 8.70. The molecule has 0 radical (unpaired) electrons. The fourth-order valence-electron chi connectivity index (χ4n) is 4.12. The molecule has 5 rings (SSSR count). The predicted molar refractivity (Wildman–Crippen MR) is 116 cm³/mol. The number of rotatable bonds is 6. The zero-order valence-corrected chi connectivity index (χ0v) is 17.8. The summed E-state index contributed by atoms with van der Waals surface area (Å²) in [7, 11) is 1.69. The average molecular weight is 422 g/mol. The van der Waals surface area contributed by atoms with Gasteiger partial charge in [0.15, 0.2) is 22.8 Å². The summed E-state index contributed by atoms with van der Waals surface area (Å²) in [6.45, 7) is 6.83. The molecule has 0 amide bonds. The molecule has 5 heterocycles. The summed E-state index contributed by atoms with van der Waals surface area (Å²) in [6.07, 6.45) is 9.00. The monoisotopic (exact) mass is 422 g/mol. The van der Waals surface area contributed by atoms with Gasteiger partial charge in [-0.25, -0.2) is 19.9 Å². The van der Waals surface area contributed by atoms with Crippen LogP contribution in [0.15, 0.2) is 25.0 Å². The first-order valence-corrected chi connectivity index (χ1v) is 10.6. The van der Waals surface area contributed by atoms with Crippen LogP contribution in [0, 0.1) is 0 Å². The summed E-state index contributed by atoms with van der Waals surface area (Å²) in [4.78, 5) is 22.8. The lowest BCUT2D eigenvalue weighted by atomic mass is 10.3. The van der Waals surface area contributed by atoms with Gasteiger partial charge >= 0.3 is 0 Å². The molecule has 0 aromatic carbocycles. The number of hydrogen-bond acceptors (Lipinski definition) is 9. The van der Waals surface area contributed by atoms with E-state index in [1.54, 1.807) is 13.4 Å². The van der Waals surface area contributed by atoms with Gasteiger partial charge in [0.2, 0.25) is 5.65 Å². The molecule has 162 valence electrons. The maximum atomic E-state index is 5.20. The SMILES string of the molecule is CCc1nnc2c(N3CCCN(c4ncnc5c4ncn5CCOC)CC3)nccn12. The Morgan fingerprint density at radius 2 is 1.77 bits per heavy atom. The van der Waals surface area contributed by atoms with E-state index in [2.05, 4.69) is 46.9 Å². The highest BCUT2D eigenvalue weighted by molar-refractivity contribution is 5.83. The molecule has 1 aliphatic heterocycles. The molecule has 11 heteroatoms. The van der Waals surface area contributed by atoms with Crippen molar-refractivity contribution in [3.63, 3.8) is 0 Å². The summed E-state index contributed by atoms with van der Waals surface area (Å²) in [5.41, 5.74) is 2.48. The summed E-state index contributed by atoms with van der Waals surface area (Å²) in [5.74, 6) is 2.71. The van der Waals surface area contributed by atoms with Gasteiger partial charge in [-0.15, -0.1) is 10.2 Å². The molecule has 1 aliphatic rings. The van der Waals surface area contributed by atoms with Crippen molar-refractivity contribution in [2.75, 3.05) is 49.7 Å². The summed E-state index contributed by atoms with van der Waals surface area (Å²) >= 11 is 0. The summed E-state index contributed by atoms with van der Waals surface area (Å²) < 4.78 is 9.24. The number of nitrogens with zero attached hydrogens (tertiary/aromatic N) is 10. The first-order chi connectivity index (χ1) is 15.3. The highest BCUT2D eigenvalue weighted by Crippen LogP contribution is 2.25. The molecule has 0 saturated carbocycles. The molecule has 1 fully saturated rings. The normalized spacial score (nSPS) is 15.2. The molecular formula is C20H26N10O.